The van der Waals surface area contributed by atoms with E-state index in [0.29, 0.717) is 44.8 Å². The van der Waals surface area contributed by atoms with Gasteiger partial charge in [-0.2, -0.15) is 0 Å². The Morgan fingerprint density at radius 2 is 1.79 bits per heavy atom. The number of nitrogens with zero attached hydrogens (tertiary/aromatic N) is 1. The highest BCUT2D eigenvalue weighted by Gasteiger charge is 2.14. The second-order valence-corrected chi connectivity index (χ2v) is 4.25. The van der Waals surface area contributed by atoms with Crippen molar-refractivity contribution >= 4 is 5.69 Å². The highest BCUT2D eigenvalue weighted by molar-refractivity contribution is 5.54. The molecule has 1 aromatic rings. The Hall–Kier alpha value is -1.17. The Kier molecular flexibility index (Phi) is 7.40. The molecule has 0 saturated heterocycles. The van der Waals surface area contributed by atoms with E-state index in [-0.39, 0.29) is 5.82 Å². The predicted molar refractivity (Wildman–Crippen MR) is 75.1 cm³/mol. The van der Waals surface area contributed by atoms with E-state index in [4.69, 9.17) is 15.2 Å². The lowest BCUT2D eigenvalue weighted by atomic mass is 10.1. The number of ether oxygens (including phenoxy) is 2. The molecule has 0 saturated carbocycles. The number of hydrogen-bond donors (Lipinski definition) is 1. The zero-order valence-electron chi connectivity index (χ0n) is 11.7. The van der Waals surface area contributed by atoms with Gasteiger partial charge in [-0.15, -0.1) is 0 Å². The van der Waals surface area contributed by atoms with Gasteiger partial charge in [-0.05, 0) is 25.1 Å². The lowest BCUT2D eigenvalue weighted by Gasteiger charge is -2.27. The number of benzene rings is 1. The largest absolute Gasteiger partial charge is 0.383 e. The third-order valence-corrected chi connectivity index (χ3v) is 2.96. The molecule has 0 atom stereocenters. The molecule has 19 heavy (non-hydrogen) atoms. The topological polar surface area (TPSA) is 47.7 Å². The van der Waals surface area contributed by atoms with E-state index in [1.807, 2.05) is 6.07 Å². The number of hydrogen-bond acceptors (Lipinski definition) is 4. The maximum absolute atomic E-state index is 13.9. The lowest BCUT2D eigenvalue weighted by Crippen LogP contribution is -2.32. The quantitative estimate of drug-likeness (QED) is 0.737. The molecule has 0 amide bonds. The molecule has 0 spiro atoms. The van der Waals surface area contributed by atoms with Crippen molar-refractivity contribution in [3.05, 3.63) is 29.6 Å². The summed E-state index contributed by atoms with van der Waals surface area (Å²) in [5.74, 6) is -0.206. The van der Waals surface area contributed by atoms with Gasteiger partial charge in [0, 0.05) is 38.6 Å². The second-order valence-electron chi connectivity index (χ2n) is 4.25. The fraction of sp³-hybridized carbons (Fsp3) is 0.571. The Balaban J connectivity index is 2.95. The van der Waals surface area contributed by atoms with Crippen LogP contribution in [0.15, 0.2) is 18.2 Å². The molecule has 1 aromatic carbocycles. The molecule has 0 aliphatic carbocycles. The fourth-order valence-corrected chi connectivity index (χ4v) is 1.99. The molecule has 2 N–H and O–H groups in total. The number of halogens is 1. The summed E-state index contributed by atoms with van der Waals surface area (Å²) in [7, 11) is 3.31. The van der Waals surface area contributed by atoms with Crippen molar-refractivity contribution in [1.82, 2.24) is 0 Å². The summed E-state index contributed by atoms with van der Waals surface area (Å²) in [6.45, 7) is 2.99. The molecule has 0 radical (unpaired) electrons. The number of nitrogens with two attached hydrogens (primary N) is 1. The molecule has 108 valence electrons. The van der Waals surface area contributed by atoms with Crippen LogP contribution in [0.2, 0.25) is 0 Å². The van der Waals surface area contributed by atoms with Crippen LogP contribution in [0.5, 0.6) is 0 Å². The van der Waals surface area contributed by atoms with Crippen LogP contribution in [0.1, 0.15) is 5.56 Å². The molecule has 1 rings (SSSR count). The molecule has 0 aliphatic rings. The number of rotatable bonds is 9. The summed E-state index contributed by atoms with van der Waals surface area (Å²) >= 11 is 0. The Labute approximate surface area is 114 Å². The molecular weight excluding hydrogens is 247 g/mol. The third kappa shape index (κ3) is 4.78. The maximum Gasteiger partial charge on any atom is 0.128 e. The molecule has 5 heteroatoms. The summed E-state index contributed by atoms with van der Waals surface area (Å²) in [6, 6.07) is 5.11. The van der Waals surface area contributed by atoms with E-state index in [2.05, 4.69) is 4.90 Å². The van der Waals surface area contributed by atoms with Gasteiger partial charge in [0.15, 0.2) is 0 Å². The molecule has 4 nitrogen and oxygen atoms in total. The van der Waals surface area contributed by atoms with E-state index < -0.39 is 0 Å². The number of methoxy groups -OCH3 is 2. The average Bonchev–Trinajstić information content (AvgIpc) is 2.42. The summed E-state index contributed by atoms with van der Waals surface area (Å²) < 4.78 is 24.1. The van der Waals surface area contributed by atoms with E-state index in [1.165, 1.54) is 6.07 Å². The van der Waals surface area contributed by atoms with Crippen LogP contribution in [-0.4, -0.2) is 47.1 Å². The van der Waals surface area contributed by atoms with Crippen LogP contribution in [-0.2, 0) is 15.9 Å². The molecular formula is C14H23FN2O2. The van der Waals surface area contributed by atoms with E-state index >= 15 is 0 Å². The highest BCUT2D eigenvalue weighted by Crippen LogP contribution is 2.23. The van der Waals surface area contributed by atoms with Gasteiger partial charge in [0.1, 0.15) is 5.82 Å². The van der Waals surface area contributed by atoms with E-state index in [0.717, 1.165) is 5.69 Å². The molecule has 0 bridgehead atoms. The van der Waals surface area contributed by atoms with Crippen molar-refractivity contribution in [1.29, 1.82) is 0 Å². The monoisotopic (exact) mass is 270 g/mol. The average molecular weight is 270 g/mol. The third-order valence-electron chi connectivity index (χ3n) is 2.96. The smallest absolute Gasteiger partial charge is 0.128 e. The summed E-state index contributed by atoms with van der Waals surface area (Å²) in [4.78, 5) is 2.07. The zero-order valence-corrected chi connectivity index (χ0v) is 11.7. The van der Waals surface area contributed by atoms with Crippen molar-refractivity contribution in [3.63, 3.8) is 0 Å². The van der Waals surface area contributed by atoms with E-state index in [9.17, 15) is 4.39 Å². The Bertz CT molecular complexity index is 366. The normalized spacial score (nSPS) is 10.7. The molecule has 0 fully saturated rings. The van der Waals surface area contributed by atoms with Gasteiger partial charge >= 0.3 is 0 Å². The lowest BCUT2D eigenvalue weighted by molar-refractivity contribution is 0.190. The number of anilines is 1. The standard InChI is InChI=1S/C14H23FN2O2/c1-18-10-8-17(9-11-19-2)14-5-3-4-13(15)12(14)6-7-16/h3-5H,6-11,16H2,1-2H3. The van der Waals surface area contributed by atoms with Crippen LogP contribution in [0.25, 0.3) is 0 Å². The molecule has 0 heterocycles. The molecule has 0 unspecified atom stereocenters. The first-order chi connectivity index (χ1) is 9.24. The fourth-order valence-electron chi connectivity index (χ4n) is 1.99. The summed E-state index contributed by atoms with van der Waals surface area (Å²) in [5, 5.41) is 0. The van der Waals surface area contributed by atoms with E-state index in [1.54, 1.807) is 20.3 Å². The van der Waals surface area contributed by atoms with Crippen molar-refractivity contribution in [2.24, 2.45) is 5.73 Å². The van der Waals surface area contributed by atoms with Crippen molar-refractivity contribution < 1.29 is 13.9 Å². The van der Waals surface area contributed by atoms with Crippen molar-refractivity contribution in [2.45, 2.75) is 6.42 Å². The first-order valence-corrected chi connectivity index (χ1v) is 6.44. The van der Waals surface area contributed by atoms with Crippen molar-refractivity contribution in [2.75, 3.05) is 52.0 Å². The van der Waals surface area contributed by atoms with Crippen LogP contribution in [0, 0.1) is 5.82 Å². The van der Waals surface area contributed by atoms with Gasteiger partial charge in [-0.1, -0.05) is 6.07 Å². The minimum atomic E-state index is -0.206. The maximum atomic E-state index is 13.9. The van der Waals surface area contributed by atoms with Crippen LogP contribution >= 0.6 is 0 Å². The van der Waals surface area contributed by atoms with Gasteiger partial charge < -0.3 is 20.1 Å². The van der Waals surface area contributed by atoms with Crippen LogP contribution in [0.3, 0.4) is 0 Å². The molecule has 0 aliphatic heterocycles. The minimum absolute atomic E-state index is 0.206. The summed E-state index contributed by atoms with van der Waals surface area (Å²) in [5.41, 5.74) is 7.10. The Morgan fingerprint density at radius 1 is 1.16 bits per heavy atom. The summed E-state index contributed by atoms with van der Waals surface area (Å²) in [6.07, 6.45) is 0.526. The Morgan fingerprint density at radius 3 is 2.32 bits per heavy atom. The SMILES string of the molecule is COCCN(CCOC)c1cccc(F)c1CCN. The van der Waals surface area contributed by atoms with Gasteiger partial charge in [0.25, 0.3) is 0 Å². The van der Waals surface area contributed by atoms with Gasteiger partial charge in [-0.3, -0.25) is 0 Å². The van der Waals surface area contributed by atoms with Crippen LogP contribution in [0.4, 0.5) is 10.1 Å². The minimum Gasteiger partial charge on any atom is -0.383 e. The predicted octanol–water partition coefficient (Wildman–Crippen LogP) is 1.43. The first-order valence-electron chi connectivity index (χ1n) is 6.44. The molecule has 0 aromatic heterocycles. The van der Waals surface area contributed by atoms with Gasteiger partial charge in [0.05, 0.1) is 13.2 Å². The zero-order chi connectivity index (χ0) is 14.1. The van der Waals surface area contributed by atoms with Gasteiger partial charge in [0.2, 0.25) is 0 Å². The first kappa shape index (κ1) is 15.9. The van der Waals surface area contributed by atoms with Crippen molar-refractivity contribution in [3.8, 4) is 0 Å². The van der Waals surface area contributed by atoms with Crippen LogP contribution < -0.4 is 10.6 Å². The van der Waals surface area contributed by atoms with Gasteiger partial charge in [-0.25, -0.2) is 4.39 Å². The highest BCUT2D eigenvalue weighted by atomic mass is 19.1. The second kappa shape index (κ2) is 8.85.